The number of nitrogens with one attached hydrogen (secondary N) is 1. The van der Waals surface area contributed by atoms with E-state index >= 15 is 0 Å². The molecule has 1 aromatic rings. The van der Waals surface area contributed by atoms with Gasteiger partial charge in [-0.05, 0) is 32.9 Å². The fourth-order valence-corrected chi connectivity index (χ4v) is 1.17. The molecule has 0 fully saturated rings. The molecule has 0 saturated carbocycles. The van der Waals surface area contributed by atoms with Crippen LogP contribution in [0, 0.1) is 12.8 Å². The Hall–Kier alpha value is -1.78. The molecule has 16 heavy (non-hydrogen) atoms. The lowest BCUT2D eigenvalue weighted by Crippen LogP contribution is -2.39. The lowest BCUT2D eigenvalue weighted by atomic mass is 10.0. The Kier molecular flexibility index (Phi) is 3.71. The van der Waals surface area contributed by atoms with E-state index in [4.69, 9.17) is 9.52 Å². The maximum absolute atomic E-state index is 11.6. The van der Waals surface area contributed by atoms with Crippen LogP contribution in [0.5, 0.6) is 0 Å². The standard InChI is InChI=1S/C11H15NO4/c1-6-4-5-9(16-6)10(13)12-8(3)7(2)11(14)15/h4-5,7-8H,1-3H3,(H,12,13)(H,14,15). The van der Waals surface area contributed by atoms with E-state index in [1.165, 1.54) is 0 Å². The van der Waals surface area contributed by atoms with Gasteiger partial charge in [0.15, 0.2) is 5.76 Å². The zero-order valence-electron chi connectivity index (χ0n) is 9.48. The van der Waals surface area contributed by atoms with Gasteiger partial charge < -0.3 is 14.8 Å². The number of aryl methyl sites for hydroxylation is 1. The average Bonchev–Trinajstić information content (AvgIpc) is 2.63. The van der Waals surface area contributed by atoms with Gasteiger partial charge in [-0.15, -0.1) is 0 Å². The minimum Gasteiger partial charge on any atom is -0.481 e. The van der Waals surface area contributed by atoms with Crippen molar-refractivity contribution < 1.29 is 19.1 Å². The molecule has 0 aliphatic heterocycles. The molecule has 2 N–H and O–H groups in total. The third-order valence-corrected chi connectivity index (χ3v) is 2.46. The largest absolute Gasteiger partial charge is 0.481 e. The molecule has 0 aliphatic carbocycles. The molecule has 5 nitrogen and oxygen atoms in total. The number of furan rings is 1. The van der Waals surface area contributed by atoms with Gasteiger partial charge in [-0.1, -0.05) is 0 Å². The molecule has 2 unspecified atom stereocenters. The van der Waals surface area contributed by atoms with Crippen molar-refractivity contribution in [3.8, 4) is 0 Å². The Labute approximate surface area is 93.4 Å². The maximum Gasteiger partial charge on any atom is 0.308 e. The normalized spacial score (nSPS) is 14.2. The zero-order chi connectivity index (χ0) is 12.3. The fourth-order valence-electron chi connectivity index (χ4n) is 1.17. The van der Waals surface area contributed by atoms with Crippen LogP contribution in [0.25, 0.3) is 0 Å². The van der Waals surface area contributed by atoms with Crippen molar-refractivity contribution in [3.05, 3.63) is 23.7 Å². The van der Waals surface area contributed by atoms with Crippen molar-refractivity contribution in [1.82, 2.24) is 5.32 Å². The van der Waals surface area contributed by atoms with Crippen LogP contribution in [0.15, 0.2) is 16.5 Å². The topological polar surface area (TPSA) is 79.5 Å². The minimum absolute atomic E-state index is 0.196. The number of carboxylic acids is 1. The number of carbonyl (C=O) groups is 2. The number of amides is 1. The van der Waals surface area contributed by atoms with Gasteiger partial charge in [0.25, 0.3) is 5.91 Å². The van der Waals surface area contributed by atoms with E-state index in [1.54, 1.807) is 32.9 Å². The van der Waals surface area contributed by atoms with E-state index in [0.717, 1.165) is 0 Å². The van der Waals surface area contributed by atoms with Gasteiger partial charge in [0.2, 0.25) is 0 Å². The average molecular weight is 225 g/mol. The predicted molar refractivity (Wildman–Crippen MR) is 57.2 cm³/mol. The first-order valence-electron chi connectivity index (χ1n) is 5.02. The maximum atomic E-state index is 11.6. The molecule has 1 heterocycles. The number of carbonyl (C=O) groups excluding carboxylic acids is 1. The van der Waals surface area contributed by atoms with E-state index in [2.05, 4.69) is 5.32 Å². The summed E-state index contributed by atoms with van der Waals surface area (Å²) in [6.07, 6.45) is 0. The number of hydrogen-bond donors (Lipinski definition) is 2. The summed E-state index contributed by atoms with van der Waals surface area (Å²) in [5.74, 6) is -1.14. The Morgan fingerprint density at radius 2 is 2.00 bits per heavy atom. The van der Waals surface area contributed by atoms with Crippen molar-refractivity contribution in [1.29, 1.82) is 0 Å². The zero-order valence-corrected chi connectivity index (χ0v) is 9.48. The van der Waals surface area contributed by atoms with Crippen molar-refractivity contribution in [3.63, 3.8) is 0 Å². The predicted octanol–water partition coefficient (Wildman–Crippen LogP) is 1.43. The molecule has 0 spiro atoms. The summed E-state index contributed by atoms with van der Waals surface area (Å²) in [5, 5.41) is 11.3. The lowest BCUT2D eigenvalue weighted by molar-refractivity contribution is -0.141. The second-order valence-corrected chi connectivity index (χ2v) is 3.80. The summed E-state index contributed by atoms with van der Waals surface area (Å²) in [6, 6.07) is 2.79. The number of aliphatic carboxylic acids is 1. The Morgan fingerprint density at radius 3 is 2.44 bits per heavy atom. The van der Waals surface area contributed by atoms with Gasteiger partial charge >= 0.3 is 5.97 Å². The Morgan fingerprint density at radius 1 is 1.38 bits per heavy atom. The van der Waals surface area contributed by atoms with Crippen molar-refractivity contribution in [2.45, 2.75) is 26.8 Å². The highest BCUT2D eigenvalue weighted by molar-refractivity contribution is 5.92. The van der Waals surface area contributed by atoms with Crippen LogP contribution in [0.4, 0.5) is 0 Å². The molecule has 5 heteroatoms. The first kappa shape index (κ1) is 12.3. The first-order valence-corrected chi connectivity index (χ1v) is 5.02. The molecule has 0 aliphatic rings. The van der Waals surface area contributed by atoms with Gasteiger partial charge in [0.1, 0.15) is 5.76 Å². The molecule has 0 radical (unpaired) electrons. The van der Waals surface area contributed by atoms with E-state index in [0.29, 0.717) is 5.76 Å². The highest BCUT2D eigenvalue weighted by Gasteiger charge is 2.22. The third-order valence-electron chi connectivity index (χ3n) is 2.46. The molecular weight excluding hydrogens is 210 g/mol. The number of carboxylic acid groups (broad SMARTS) is 1. The molecule has 0 aromatic carbocycles. The van der Waals surface area contributed by atoms with Crippen LogP contribution in [0.1, 0.15) is 30.2 Å². The molecule has 88 valence electrons. The summed E-state index contributed by atoms with van der Waals surface area (Å²) in [6.45, 7) is 4.92. The molecule has 1 rings (SSSR count). The molecule has 0 saturated heterocycles. The number of rotatable bonds is 4. The fraction of sp³-hybridized carbons (Fsp3) is 0.455. The van der Waals surface area contributed by atoms with Crippen molar-refractivity contribution in [2.24, 2.45) is 5.92 Å². The van der Waals surface area contributed by atoms with Gasteiger partial charge in [-0.2, -0.15) is 0 Å². The van der Waals surface area contributed by atoms with Gasteiger partial charge in [-0.3, -0.25) is 9.59 Å². The Bertz CT molecular complexity index is 396. The summed E-state index contributed by atoms with van der Waals surface area (Å²) in [7, 11) is 0. The van der Waals surface area contributed by atoms with E-state index in [1.807, 2.05) is 0 Å². The van der Waals surface area contributed by atoms with Gasteiger partial charge in [-0.25, -0.2) is 0 Å². The van der Waals surface area contributed by atoms with Crippen LogP contribution in [0.2, 0.25) is 0 Å². The first-order chi connectivity index (χ1) is 7.41. The molecule has 0 bridgehead atoms. The van der Waals surface area contributed by atoms with Gasteiger partial charge in [0, 0.05) is 6.04 Å². The lowest BCUT2D eigenvalue weighted by Gasteiger charge is -2.16. The summed E-state index contributed by atoms with van der Waals surface area (Å²) in [5.41, 5.74) is 0. The molecule has 1 amide bonds. The third kappa shape index (κ3) is 2.85. The summed E-state index contributed by atoms with van der Waals surface area (Å²) >= 11 is 0. The van der Waals surface area contributed by atoms with Crippen LogP contribution in [-0.2, 0) is 4.79 Å². The monoisotopic (exact) mass is 225 g/mol. The Balaban J connectivity index is 2.61. The van der Waals surface area contributed by atoms with Gasteiger partial charge in [0.05, 0.1) is 5.92 Å². The van der Waals surface area contributed by atoms with Crippen LogP contribution < -0.4 is 5.32 Å². The minimum atomic E-state index is -0.941. The van der Waals surface area contributed by atoms with E-state index in [9.17, 15) is 9.59 Å². The molecular formula is C11H15NO4. The molecule has 1 aromatic heterocycles. The summed E-state index contributed by atoms with van der Waals surface area (Å²) < 4.78 is 5.13. The second-order valence-electron chi connectivity index (χ2n) is 3.80. The van der Waals surface area contributed by atoms with E-state index in [-0.39, 0.29) is 5.76 Å². The quantitative estimate of drug-likeness (QED) is 0.812. The van der Waals surface area contributed by atoms with Crippen LogP contribution in [0.3, 0.4) is 0 Å². The van der Waals surface area contributed by atoms with Crippen LogP contribution in [-0.4, -0.2) is 23.0 Å². The summed E-state index contributed by atoms with van der Waals surface area (Å²) in [4.78, 5) is 22.3. The van der Waals surface area contributed by atoms with Crippen molar-refractivity contribution >= 4 is 11.9 Å². The number of hydrogen-bond acceptors (Lipinski definition) is 3. The molecule has 2 atom stereocenters. The van der Waals surface area contributed by atoms with Crippen molar-refractivity contribution in [2.75, 3.05) is 0 Å². The van der Waals surface area contributed by atoms with Crippen LogP contribution >= 0.6 is 0 Å². The highest BCUT2D eigenvalue weighted by atomic mass is 16.4. The second kappa shape index (κ2) is 4.83. The SMILES string of the molecule is Cc1ccc(C(=O)NC(C)C(C)C(=O)O)o1. The van der Waals surface area contributed by atoms with E-state index < -0.39 is 23.8 Å². The smallest absolute Gasteiger partial charge is 0.308 e. The highest BCUT2D eigenvalue weighted by Crippen LogP contribution is 2.08.